The van der Waals surface area contributed by atoms with Crippen LogP contribution in [0.2, 0.25) is 0 Å². The number of nitrogens with one attached hydrogen (secondary N) is 1. The number of carbonyl (C=O) groups excluding carboxylic acids is 1. The van der Waals surface area contributed by atoms with E-state index in [1.54, 1.807) is 7.05 Å². The van der Waals surface area contributed by atoms with Gasteiger partial charge in [-0.3, -0.25) is 9.48 Å². The van der Waals surface area contributed by atoms with Crippen LogP contribution >= 0.6 is 0 Å². The number of aromatic nitrogens is 2. The van der Waals surface area contributed by atoms with Gasteiger partial charge in [-0.05, 0) is 37.1 Å². The van der Waals surface area contributed by atoms with Crippen LogP contribution < -0.4 is 16.0 Å². The Labute approximate surface area is 123 Å². The molecular weight excluding hydrogens is 266 g/mol. The maximum absolute atomic E-state index is 12.2. The number of anilines is 3. The van der Waals surface area contributed by atoms with Crippen molar-refractivity contribution in [1.82, 2.24) is 9.78 Å². The van der Waals surface area contributed by atoms with Crippen molar-refractivity contribution in [1.29, 1.82) is 0 Å². The van der Waals surface area contributed by atoms with Gasteiger partial charge in [-0.2, -0.15) is 5.10 Å². The van der Waals surface area contributed by atoms with Gasteiger partial charge in [-0.25, -0.2) is 0 Å². The molecule has 1 fully saturated rings. The monoisotopic (exact) mass is 285 g/mol. The summed E-state index contributed by atoms with van der Waals surface area (Å²) >= 11 is 0. The number of carbonyl (C=O) groups is 1. The van der Waals surface area contributed by atoms with Gasteiger partial charge in [-0.15, -0.1) is 0 Å². The third-order valence-corrected chi connectivity index (χ3v) is 3.78. The summed E-state index contributed by atoms with van der Waals surface area (Å²) < 4.78 is 1.48. The number of nitrogens with two attached hydrogens (primary N) is 1. The van der Waals surface area contributed by atoms with Gasteiger partial charge in [0.1, 0.15) is 5.69 Å². The van der Waals surface area contributed by atoms with E-state index in [1.807, 2.05) is 24.3 Å². The number of aryl methyl sites for hydroxylation is 1. The Morgan fingerprint density at radius 3 is 2.48 bits per heavy atom. The molecule has 1 aromatic heterocycles. The summed E-state index contributed by atoms with van der Waals surface area (Å²) in [7, 11) is 1.70. The Morgan fingerprint density at radius 1 is 1.24 bits per heavy atom. The standard InChI is InChI=1S/C15H19N5O/c1-19-14(13(16)10-17-19)15(21)18-11-4-6-12(7-5-11)20-8-2-3-9-20/h4-7,10H,2-3,8-9,16H2,1H3,(H,18,21). The molecule has 1 aliphatic rings. The Hall–Kier alpha value is -2.50. The van der Waals surface area contributed by atoms with E-state index in [0.29, 0.717) is 11.4 Å². The third kappa shape index (κ3) is 2.69. The fourth-order valence-electron chi connectivity index (χ4n) is 2.65. The van der Waals surface area contributed by atoms with E-state index in [-0.39, 0.29) is 5.91 Å². The minimum absolute atomic E-state index is 0.249. The lowest BCUT2D eigenvalue weighted by atomic mass is 10.2. The molecule has 3 rings (SSSR count). The lowest BCUT2D eigenvalue weighted by molar-refractivity contribution is 0.101. The second kappa shape index (κ2) is 5.47. The lowest BCUT2D eigenvalue weighted by Crippen LogP contribution is -2.19. The van der Waals surface area contributed by atoms with Crippen molar-refractivity contribution in [3.63, 3.8) is 0 Å². The molecule has 0 spiro atoms. The van der Waals surface area contributed by atoms with Crippen LogP contribution in [0.5, 0.6) is 0 Å². The summed E-state index contributed by atoms with van der Waals surface area (Å²) in [5.74, 6) is -0.249. The van der Waals surface area contributed by atoms with Gasteiger partial charge in [-0.1, -0.05) is 0 Å². The largest absolute Gasteiger partial charge is 0.396 e. The predicted molar refractivity (Wildman–Crippen MR) is 83.5 cm³/mol. The molecule has 6 nitrogen and oxygen atoms in total. The second-order valence-corrected chi connectivity index (χ2v) is 5.27. The first-order valence-corrected chi connectivity index (χ1v) is 7.09. The molecule has 0 aliphatic carbocycles. The van der Waals surface area contributed by atoms with Crippen LogP contribution in [-0.2, 0) is 7.05 Å². The van der Waals surface area contributed by atoms with E-state index in [2.05, 4.69) is 15.3 Å². The highest BCUT2D eigenvalue weighted by molar-refractivity contribution is 6.06. The summed E-state index contributed by atoms with van der Waals surface area (Å²) in [4.78, 5) is 14.5. The second-order valence-electron chi connectivity index (χ2n) is 5.27. The molecule has 1 aromatic carbocycles. The zero-order chi connectivity index (χ0) is 14.8. The summed E-state index contributed by atoms with van der Waals surface area (Å²) in [5, 5.41) is 6.81. The van der Waals surface area contributed by atoms with Crippen LogP contribution in [0.4, 0.5) is 17.1 Å². The van der Waals surface area contributed by atoms with Gasteiger partial charge in [0, 0.05) is 31.5 Å². The number of hydrogen-bond donors (Lipinski definition) is 2. The van der Waals surface area contributed by atoms with Crippen molar-refractivity contribution in [2.45, 2.75) is 12.8 Å². The van der Waals surface area contributed by atoms with E-state index in [0.717, 1.165) is 18.8 Å². The molecule has 0 unspecified atom stereocenters. The minimum atomic E-state index is -0.249. The van der Waals surface area contributed by atoms with Gasteiger partial charge < -0.3 is 16.0 Å². The SMILES string of the molecule is Cn1ncc(N)c1C(=O)Nc1ccc(N2CCCC2)cc1. The van der Waals surface area contributed by atoms with E-state index in [4.69, 9.17) is 5.73 Å². The van der Waals surface area contributed by atoms with Crippen LogP contribution in [0.3, 0.4) is 0 Å². The van der Waals surface area contributed by atoms with E-state index >= 15 is 0 Å². The van der Waals surface area contributed by atoms with Crippen molar-refractivity contribution in [3.8, 4) is 0 Å². The summed E-state index contributed by atoms with van der Waals surface area (Å²) in [6.45, 7) is 2.22. The van der Waals surface area contributed by atoms with Crippen molar-refractivity contribution in [3.05, 3.63) is 36.2 Å². The van der Waals surface area contributed by atoms with Crippen molar-refractivity contribution < 1.29 is 4.79 Å². The van der Waals surface area contributed by atoms with Gasteiger partial charge in [0.15, 0.2) is 0 Å². The number of amides is 1. The quantitative estimate of drug-likeness (QED) is 0.902. The first kappa shape index (κ1) is 13.5. The number of hydrogen-bond acceptors (Lipinski definition) is 4. The normalized spacial score (nSPS) is 14.4. The molecule has 0 bridgehead atoms. The van der Waals surface area contributed by atoms with E-state index in [1.165, 1.54) is 29.4 Å². The minimum Gasteiger partial charge on any atom is -0.396 e. The van der Waals surface area contributed by atoms with Crippen LogP contribution in [0.15, 0.2) is 30.5 Å². The Balaban J connectivity index is 1.72. The van der Waals surface area contributed by atoms with Crippen molar-refractivity contribution >= 4 is 23.0 Å². The highest BCUT2D eigenvalue weighted by Crippen LogP contribution is 2.22. The molecule has 3 N–H and O–H groups in total. The molecule has 1 saturated heterocycles. The first-order valence-electron chi connectivity index (χ1n) is 7.09. The summed E-state index contributed by atoms with van der Waals surface area (Å²) in [6.07, 6.45) is 3.97. The zero-order valence-electron chi connectivity index (χ0n) is 12.0. The molecule has 6 heteroatoms. The predicted octanol–water partition coefficient (Wildman–Crippen LogP) is 1.85. The van der Waals surface area contributed by atoms with Crippen LogP contribution in [0, 0.1) is 0 Å². The molecule has 2 aromatic rings. The molecule has 2 heterocycles. The molecule has 0 atom stereocenters. The average molecular weight is 285 g/mol. The number of nitrogens with zero attached hydrogens (tertiary/aromatic N) is 3. The molecule has 0 saturated carbocycles. The van der Waals surface area contributed by atoms with Crippen LogP contribution in [-0.4, -0.2) is 28.8 Å². The molecule has 1 aliphatic heterocycles. The molecular formula is C15H19N5O. The van der Waals surface area contributed by atoms with Crippen LogP contribution in [0.25, 0.3) is 0 Å². The highest BCUT2D eigenvalue weighted by Gasteiger charge is 2.16. The number of rotatable bonds is 3. The smallest absolute Gasteiger partial charge is 0.276 e. The topological polar surface area (TPSA) is 76.2 Å². The van der Waals surface area contributed by atoms with Crippen LogP contribution in [0.1, 0.15) is 23.3 Å². The van der Waals surface area contributed by atoms with Gasteiger partial charge in [0.2, 0.25) is 0 Å². The van der Waals surface area contributed by atoms with Crippen molar-refractivity contribution in [2.24, 2.45) is 7.05 Å². The van der Waals surface area contributed by atoms with E-state index in [9.17, 15) is 4.79 Å². The molecule has 21 heavy (non-hydrogen) atoms. The fraction of sp³-hybridized carbons (Fsp3) is 0.333. The molecule has 110 valence electrons. The fourth-order valence-corrected chi connectivity index (χ4v) is 2.65. The zero-order valence-corrected chi connectivity index (χ0v) is 12.0. The summed E-state index contributed by atoms with van der Waals surface area (Å²) in [6, 6.07) is 7.90. The molecule has 1 amide bonds. The third-order valence-electron chi connectivity index (χ3n) is 3.78. The number of nitrogen functional groups attached to an aromatic ring is 1. The average Bonchev–Trinajstić information content (AvgIpc) is 3.10. The van der Waals surface area contributed by atoms with Gasteiger partial charge in [0.25, 0.3) is 5.91 Å². The van der Waals surface area contributed by atoms with Gasteiger partial charge >= 0.3 is 0 Å². The first-order chi connectivity index (χ1) is 10.1. The van der Waals surface area contributed by atoms with Gasteiger partial charge in [0.05, 0.1) is 11.9 Å². The molecule has 0 radical (unpaired) electrons. The Kier molecular flexibility index (Phi) is 3.51. The lowest BCUT2D eigenvalue weighted by Gasteiger charge is -2.17. The van der Waals surface area contributed by atoms with E-state index < -0.39 is 0 Å². The number of benzene rings is 1. The highest BCUT2D eigenvalue weighted by atomic mass is 16.2. The van der Waals surface area contributed by atoms with Crippen molar-refractivity contribution in [2.75, 3.05) is 29.0 Å². The Morgan fingerprint density at radius 2 is 1.90 bits per heavy atom. The Bertz CT molecular complexity index is 621. The maximum atomic E-state index is 12.2. The maximum Gasteiger partial charge on any atom is 0.276 e. The summed E-state index contributed by atoms with van der Waals surface area (Å²) in [5.41, 5.74) is 8.46.